The molecule has 0 amide bonds. The highest BCUT2D eigenvalue weighted by molar-refractivity contribution is 7.10. The average molecular weight is 297 g/mol. The third kappa shape index (κ3) is 3.51. The number of nitrogens with zero attached hydrogens (tertiary/aromatic N) is 3. The van der Waals surface area contributed by atoms with Gasteiger partial charge >= 0.3 is 0 Å². The molecule has 0 saturated carbocycles. The topological polar surface area (TPSA) is 30.3 Å². The molecule has 1 fully saturated rings. The predicted molar refractivity (Wildman–Crippen MR) is 86.0 cm³/mol. The summed E-state index contributed by atoms with van der Waals surface area (Å²) in [5.74, 6) is 0. The Morgan fingerprint density at radius 1 is 1.05 bits per heavy atom. The van der Waals surface area contributed by atoms with Crippen molar-refractivity contribution in [1.29, 1.82) is 5.26 Å². The Morgan fingerprint density at radius 2 is 1.81 bits per heavy atom. The smallest absolute Gasteiger partial charge is 0.133 e. The van der Waals surface area contributed by atoms with Gasteiger partial charge in [-0.05, 0) is 17.0 Å². The quantitative estimate of drug-likeness (QED) is 0.868. The maximum absolute atomic E-state index is 9.45. The second-order valence-electron chi connectivity index (χ2n) is 5.34. The third-order valence-electron chi connectivity index (χ3n) is 3.96. The summed E-state index contributed by atoms with van der Waals surface area (Å²) in [4.78, 5) is 5.93. The number of rotatable bonds is 4. The molecule has 0 aliphatic carbocycles. The Morgan fingerprint density at radius 3 is 2.43 bits per heavy atom. The molecular weight excluding hydrogens is 278 g/mol. The van der Waals surface area contributed by atoms with Crippen molar-refractivity contribution >= 4 is 11.3 Å². The van der Waals surface area contributed by atoms with Crippen molar-refractivity contribution in [2.24, 2.45) is 0 Å². The van der Waals surface area contributed by atoms with E-state index in [1.807, 2.05) is 11.4 Å². The van der Waals surface area contributed by atoms with Crippen LogP contribution in [0.3, 0.4) is 0 Å². The van der Waals surface area contributed by atoms with Gasteiger partial charge in [-0.15, -0.1) is 11.3 Å². The fraction of sp³-hybridized carbons (Fsp3) is 0.353. The van der Waals surface area contributed by atoms with Crippen molar-refractivity contribution in [3.05, 3.63) is 58.3 Å². The molecule has 21 heavy (non-hydrogen) atoms. The van der Waals surface area contributed by atoms with Crippen LogP contribution in [0, 0.1) is 11.3 Å². The first-order valence-electron chi connectivity index (χ1n) is 7.30. The lowest BCUT2D eigenvalue weighted by Crippen LogP contribution is -2.46. The Kier molecular flexibility index (Phi) is 4.66. The van der Waals surface area contributed by atoms with E-state index in [0.29, 0.717) is 0 Å². The van der Waals surface area contributed by atoms with Gasteiger partial charge in [-0.2, -0.15) is 5.26 Å². The van der Waals surface area contributed by atoms with E-state index in [9.17, 15) is 5.26 Å². The molecule has 1 aromatic heterocycles. The molecule has 0 bridgehead atoms. The maximum atomic E-state index is 9.45. The summed E-state index contributed by atoms with van der Waals surface area (Å²) >= 11 is 1.67. The zero-order chi connectivity index (χ0) is 14.5. The van der Waals surface area contributed by atoms with Gasteiger partial charge in [-0.1, -0.05) is 36.4 Å². The first-order chi connectivity index (χ1) is 10.4. The Balaban J connectivity index is 1.56. The van der Waals surface area contributed by atoms with Gasteiger partial charge in [0.1, 0.15) is 6.04 Å². The predicted octanol–water partition coefficient (Wildman–Crippen LogP) is 3.13. The van der Waals surface area contributed by atoms with Crippen LogP contribution in [0.25, 0.3) is 0 Å². The van der Waals surface area contributed by atoms with E-state index in [4.69, 9.17) is 0 Å². The number of thiophene rings is 1. The van der Waals surface area contributed by atoms with Crippen LogP contribution < -0.4 is 0 Å². The van der Waals surface area contributed by atoms with E-state index in [-0.39, 0.29) is 6.04 Å². The van der Waals surface area contributed by atoms with Gasteiger partial charge in [0.15, 0.2) is 0 Å². The zero-order valence-electron chi connectivity index (χ0n) is 12.0. The summed E-state index contributed by atoms with van der Waals surface area (Å²) in [5.41, 5.74) is 1.36. The molecule has 3 rings (SSSR count). The number of benzene rings is 1. The van der Waals surface area contributed by atoms with Crippen molar-refractivity contribution < 1.29 is 0 Å². The van der Waals surface area contributed by atoms with Gasteiger partial charge in [0.2, 0.25) is 0 Å². The standard InChI is InChI=1S/C17H19N3S/c18-13-16(17-7-4-12-21-17)20-10-8-19(9-11-20)14-15-5-2-1-3-6-15/h1-7,12,16H,8-11,14H2. The van der Waals surface area contributed by atoms with Crippen LogP contribution in [0.15, 0.2) is 47.8 Å². The van der Waals surface area contributed by atoms with Gasteiger partial charge in [-0.25, -0.2) is 0 Å². The van der Waals surface area contributed by atoms with Crippen LogP contribution in [0.4, 0.5) is 0 Å². The highest BCUT2D eigenvalue weighted by Crippen LogP contribution is 2.25. The summed E-state index contributed by atoms with van der Waals surface area (Å²) in [5, 5.41) is 11.5. The van der Waals surface area contributed by atoms with Crippen LogP contribution in [0.5, 0.6) is 0 Å². The van der Waals surface area contributed by atoms with Crippen LogP contribution in [-0.2, 0) is 6.54 Å². The van der Waals surface area contributed by atoms with Gasteiger partial charge in [-0.3, -0.25) is 9.80 Å². The molecule has 1 unspecified atom stereocenters. The van der Waals surface area contributed by atoms with Crippen molar-refractivity contribution in [2.45, 2.75) is 12.6 Å². The highest BCUT2D eigenvalue weighted by atomic mass is 32.1. The molecule has 3 nitrogen and oxygen atoms in total. The van der Waals surface area contributed by atoms with E-state index >= 15 is 0 Å². The minimum Gasteiger partial charge on any atom is -0.297 e. The molecule has 2 aromatic rings. The second kappa shape index (κ2) is 6.86. The molecule has 108 valence electrons. The first-order valence-corrected chi connectivity index (χ1v) is 8.18. The van der Waals surface area contributed by atoms with Crippen molar-refractivity contribution in [3.63, 3.8) is 0 Å². The molecule has 1 saturated heterocycles. The normalized spacial score (nSPS) is 18.2. The highest BCUT2D eigenvalue weighted by Gasteiger charge is 2.25. The van der Waals surface area contributed by atoms with Gasteiger partial charge in [0.05, 0.1) is 6.07 Å². The number of hydrogen-bond acceptors (Lipinski definition) is 4. The minimum absolute atomic E-state index is 0.0797. The van der Waals surface area contributed by atoms with Crippen LogP contribution in [-0.4, -0.2) is 36.0 Å². The molecule has 1 aromatic carbocycles. The lowest BCUT2D eigenvalue weighted by Gasteiger charge is -2.36. The Hall–Kier alpha value is -1.67. The largest absolute Gasteiger partial charge is 0.297 e. The molecule has 1 aliphatic rings. The van der Waals surface area contributed by atoms with E-state index in [1.165, 1.54) is 5.56 Å². The number of hydrogen-bond donors (Lipinski definition) is 0. The van der Waals surface area contributed by atoms with Gasteiger partial charge in [0.25, 0.3) is 0 Å². The number of nitriles is 1. The van der Waals surface area contributed by atoms with Gasteiger partial charge in [0, 0.05) is 37.6 Å². The maximum Gasteiger partial charge on any atom is 0.133 e. The second-order valence-corrected chi connectivity index (χ2v) is 6.32. The van der Waals surface area contributed by atoms with Crippen LogP contribution in [0.1, 0.15) is 16.5 Å². The van der Waals surface area contributed by atoms with E-state index in [2.05, 4.69) is 52.3 Å². The van der Waals surface area contributed by atoms with Crippen molar-refractivity contribution in [1.82, 2.24) is 9.80 Å². The molecular formula is C17H19N3S. The SMILES string of the molecule is N#CC(c1cccs1)N1CCN(Cc2ccccc2)CC1. The summed E-state index contributed by atoms with van der Waals surface area (Å²) in [6, 6.07) is 17.1. The lowest BCUT2D eigenvalue weighted by atomic mass is 10.1. The van der Waals surface area contributed by atoms with E-state index in [1.54, 1.807) is 11.3 Å². The summed E-state index contributed by atoms with van der Waals surface area (Å²) in [6.45, 7) is 4.98. The third-order valence-corrected chi connectivity index (χ3v) is 4.88. The van der Waals surface area contributed by atoms with Crippen LogP contribution >= 0.6 is 11.3 Å². The summed E-state index contributed by atoms with van der Waals surface area (Å²) < 4.78 is 0. The molecule has 0 N–H and O–H groups in total. The monoisotopic (exact) mass is 297 g/mol. The average Bonchev–Trinajstić information content (AvgIpc) is 3.05. The van der Waals surface area contributed by atoms with E-state index < -0.39 is 0 Å². The van der Waals surface area contributed by atoms with Crippen molar-refractivity contribution in [3.8, 4) is 6.07 Å². The van der Waals surface area contributed by atoms with Crippen LogP contribution in [0.2, 0.25) is 0 Å². The van der Waals surface area contributed by atoms with Crippen molar-refractivity contribution in [2.75, 3.05) is 26.2 Å². The summed E-state index contributed by atoms with van der Waals surface area (Å²) in [6.07, 6.45) is 0. The molecule has 2 heterocycles. The fourth-order valence-corrected chi connectivity index (χ4v) is 3.60. The summed E-state index contributed by atoms with van der Waals surface area (Å²) in [7, 11) is 0. The molecule has 0 radical (unpaired) electrons. The lowest BCUT2D eigenvalue weighted by molar-refractivity contribution is 0.110. The zero-order valence-corrected chi connectivity index (χ0v) is 12.8. The Bertz CT molecular complexity index is 580. The fourth-order valence-electron chi connectivity index (χ4n) is 2.79. The van der Waals surface area contributed by atoms with E-state index in [0.717, 1.165) is 37.6 Å². The number of piperazine rings is 1. The molecule has 4 heteroatoms. The first kappa shape index (κ1) is 14.3. The minimum atomic E-state index is -0.0797. The Labute approximate surface area is 130 Å². The molecule has 1 atom stereocenters. The van der Waals surface area contributed by atoms with Gasteiger partial charge < -0.3 is 0 Å². The molecule has 1 aliphatic heterocycles. The molecule has 0 spiro atoms.